The zero-order valence-corrected chi connectivity index (χ0v) is 16.4. The van der Waals surface area contributed by atoms with E-state index in [1.165, 1.54) is 5.56 Å². The number of carbonyl (C=O) groups is 1. The molecule has 0 aliphatic carbocycles. The molecular formula is C20H24BrNO2. The topological polar surface area (TPSA) is 38.3 Å². The van der Waals surface area contributed by atoms with Crippen LogP contribution in [0, 0.1) is 6.92 Å². The fourth-order valence-corrected chi connectivity index (χ4v) is 2.50. The Morgan fingerprint density at radius 3 is 2.29 bits per heavy atom. The monoisotopic (exact) mass is 389 g/mol. The summed E-state index contributed by atoms with van der Waals surface area (Å²) < 4.78 is 6.77. The summed E-state index contributed by atoms with van der Waals surface area (Å²) >= 11 is 3.45. The van der Waals surface area contributed by atoms with Crippen molar-refractivity contribution in [2.75, 3.05) is 5.32 Å². The van der Waals surface area contributed by atoms with Crippen molar-refractivity contribution < 1.29 is 9.53 Å². The average Bonchev–Trinajstić information content (AvgIpc) is 2.50. The maximum Gasteiger partial charge on any atom is 0.265 e. The van der Waals surface area contributed by atoms with Crippen molar-refractivity contribution in [1.82, 2.24) is 0 Å². The number of halogens is 1. The summed E-state index contributed by atoms with van der Waals surface area (Å²) in [5, 5.41) is 2.88. The summed E-state index contributed by atoms with van der Waals surface area (Å²) in [6.07, 6.45) is -0.575. The maximum absolute atomic E-state index is 12.3. The molecule has 0 aliphatic rings. The first-order valence-electron chi connectivity index (χ1n) is 8.01. The number of anilines is 1. The molecule has 0 fully saturated rings. The molecule has 0 saturated heterocycles. The molecule has 4 heteroatoms. The lowest BCUT2D eigenvalue weighted by Crippen LogP contribution is -2.30. The average molecular weight is 390 g/mol. The smallest absolute Gasteiger partial charge is 0.265 e. The molecule has 0 spiro atoms. The molecule has 0 saturated carbocycles. The van der Waals surface area contributed by atoms with Crippen LogP contribution in [0.3, 0.4) is 0 Å². The summed E-state index contributed by atoms with van der Waals surface area (Å²) in [6, 6.07) is 13.6. The van der Waals surface area contributed by atoms with Crippen molar-refractivity contribution in [1.29, 1.82) is 0 Å². The molecule has 0 heterocycles. The van der Waals surface area contributed by atoms with Gasteiger partial charge in [0.2, 0.25) is 0 Å². The second kappa shape index (κ2) is 7.39. The van der Waals surface area contributed by atoms with E-state index in [-0.39, 0.29) is 11.3 Å². The zero-order chi connectivity index (χ0) is 17.9. The van der Waals surface area contributed by atoms with Gasteiger partial charge in [-0.25, -0.2) is 0 Å². The van der Waals surface area contributed by atoms with Crippen LogP contribution in [0.2, 0.25) is 0 Å². The molecule has 2 aromatic carbocycles. The Bertz CT molecular complexity index is 717. The second-order valence-electron chi connectivity index (χ2n) is 6.99. The first-order chi connectivity index (χ1) is 11.2. The Balaban J connectivity index is 1.99. The van der Waals surface area contributed by atoms with Crippen LogP contribution in [0.15, 0.2) is 46.9 Å². The van der Waals surface area contributed by atoms with E-state index in [2.05, 4.69) is 42.0 Å². The fraction of sp³-hybridized carbons (Fsp3) is 0.350. The molecular weight excluding hydrogens is 366 g/mol. The number of ether oxygens (including phenoxy) is 1. The Hall–Kier alpha value is -1.81. The van der Waals surface area contributed by atoms with Crippen LogP contribution >= 0.6 is 15.9 Å². The van der Waals surface area contributed by atoms with Crippen molar-refractivity contribution in [3.8, 4) is 5.75 Å². The molecule has 2 aromatic rings. The van der Waals surface area contributed by atoms with E-state index in [9.17, 15) is 4.79 Å². The number of hydrogen-bond donors (Lipinski definition) is 1. The van der Waals surface area contributed by atoms with Gasteiger partial charge in [0.25, 0.3) is 5.91 Å². The van der Waals surface area contributed by atoms with Gasteiger partial charge in [0.15, 0.2) is 6.10 Å². The molecule has 24 heavy (non-hydrogen) atoms. The van der Waals surface area contributed by atoms with Gasteiger partial charge in [-0.3, -0.25) is 4.79 Å². The summed E-state index contributed by atoms with van der Waals surface area (Å²) in [4.78, 5) is 12.3. The van der Waals surface area contributed by atoms with E-state index in [0.29, 0.717) is 5.75 Å². The molecule has 1 atom stereocenters. The lowest BCUT2D eigenvalue weighted by atomic mass is 9.87. The summed E-state index contributed by atoms with van der Waals surface area (Å²) in [6.45, 7) is 10.2. The molecule has 3 nitrogen and oxygen atoms in total. The highest BCUT2D eigenvalue weighted by molar-refractivity contribution is 9.10. The van der Waals surface area contributed by atoms with Crippen molar-refractivity contribution in [2.45, 2.75) is 46.1 Å². The predicted octanol–water partition coefficient (Wildman–Crippen LogP) is 5.46. The van der Waals surface area contributed by atoms with E-state index in [1.807, 2.05) is 49.4 Å². The number of rotatable bonds is 4. The number of amides is 1. The third-order valence-electron chi connectivity index (χ3n) is 3.83. The largest absolute Gasteiger partial charge is 0.481 e. The Labute approximate surface area is 152 Å². The van der Waals surface area contributed by atoms with Gasteiger partial charge in [-0.05, 0) is 60.7 Å². The van der Waals surface area contributed by atoms with Crippen LogP contribution < -0.4 is 10.1 Å². The van der Waals surface area contributed by atoms with Gasteiger partial charge in [0.05, 0.1) is 0 Å². The van der Waals surface area contributed by atoms with Crippen LogP contribution in [0.4, 0.5) is 5.69 Å². The van der Waals surface area contributed by atoms with Gasteiger partial charge in [0, 0.05) is 10.2 Å². The van der Waals surface area contributed by atoms with Gasteiger partial charge in [-0.2, -0.15) is 0 Å². The molecule has 0 unspecified atom stereocenters. The molecule has 0 bridgehead atoms. The minimum atomic E-state index is -0.575. The van der Waals surface area contributed by atoms with Gasteiger partial charge in [-0.15, -0.1) is 0 Å². The van der Waals surface area contributed by atoms with Crippen LogP contribution in [-0.2, 0) is 10.2 Å². The first-order valence-corrected chi connectivity index (χ1v) is 8.80. The molecule has 0 aliphatic heterocycles. The van der Waals surface area contributed by atoms with Crippen LogP contribution in [0.5, 0.6) is 5.75 Å². The first kappa shape index (κ1) is 18.5. The minimum Gasteiger partial charge on any atom is -0.481 e. The Morgan fingerprint density at radius 2 is 1.75 bits per heavy atom. The Morgan fingerprint density at radius 1 is 1.12 bits per heavy atom. The molecule has 1 N–H and O–H groups in total. The van der Waals surface area contributed by atoms with E-state index in [1.54, 1.807) is 6.92 Å². The molecule has 1 amide bonds. The summed E-state index contributed by atoms with van der Waals surface area (Å²) in [5.41, 5.74) is 3.16. The molecule has 2 rings (SSSR count). The third-order valence-corrected chi connectivity index (χ3v) is 4.72. The number of nitrogens with one attached hydrogen (secondary N) is 1. The van der Waals surface area contributed by atoms with Crippen molar-refractivity contribution >= 4 is 27.5 Å². The summed E-state index contributed by atoms with van der Waals surface area (Å²) in [7, 11) is 0. The van der Waals surface area contributed by atoms with Crippen LogP contribution in [0.1, 0.15) is 38.8 Å². The lowest BCUT2D eigenvalue weighted by molar-refractivity contribution is -0.122. The van der Waals surface area contributed by atoms with Crippen LogP contribution in [-0.4, -0.2) is 12.0 Å². The van der Waals surface area contributed by atoms with Gasteiger partial charge in [-0.1, -0.05) is 48.8 Å². The highest BCUT2D eigenvalue weighted by Crippen LogP contribution is 2.25. The van der Waals surface area contributed by atoms with E-state index < -0.39 is 6.10 Å². The predicted molar refractivity (Wildman–Crippen MR) is 103 cm³/mol. The number of hydrogen-bond acceptors (Lipinski definition) is 2. The number of aryl methyl sites for hydroxylation is 1. The Kier molecular flexibility index (Phi) is 5.70. The summed E-state index contributed by atoms with van der Waals surface area (Å²) in [5.74, 6) is 0.522. The normalized spacial score (nSPS) is 12.6. The van der Waals surface area contributed by atoms with Crippen molar-refractivity contribution in [3.05, 3.63) is 58.1 Å². The van der Waals surface area contributed by atoms with E-state index in [4.69, 9.17) is 4.74 Å². The van der Waals surface area contributed by atoms with Crippen LogP contribution in [0.25, 0.3) is 0 Å². The quantitative estimate of drug-likeness (QED) is 0.753. The van der Waals surface area contributed by atoms with Crippen molar-refractivity contribution in [2.24, 2.45) is 0 Å². The minimum absolute atomic E-state index is 0.0982. The highest BCUT2D eigenvalue weighted by Gasteiger charge is 2.17. The lowest BCUT2D eigenvalue weighted by Gasteiger charge is -2.20. The third kappa shape index (κ3) is 4.84. The highest BCUT2D eigenvalue weighted by atomic mass is 79.9. The number of benzene rings is 2. The van der Waals surface area contributed by atoms with Gasteiger partial charge >= 0.3 is 0 Å². The zero-order valence-electron chi connectivity index (χ0n) is 14.8. The van der Waals surface area contributed by atoms with Gasteiger partial charge < -0.3 is 10.1 Å². The SMILES string of the molecule is Cc1cc(NC(=O)[C@@H](C)Oc2ccc(C(C)(C)C)cc2)ccc1Br. The molecule has 0 radical (unpaired) electrons. The standard InChI is InChI=1S/C20H24BrNO2/c1-13-12-16(8-11-18(13)21)22-19(23)14(2)24-17-9-6-15(7-10-17)20(3,4)5/h6-12,14H,1-5H3,(H,22,23)/t14-/m1/s1. The van der Waals surface area contributed by atoms with Crippen molar-refractivity contribution in [3.63, 3.8) is 0 Å². The molecule has 128 valence electrons. The maximum atomic E-state index is 12.3. The van der Waals surface area contributed by atoms with E-state index >= 15 is 0 Å². The fourth-order valence-electron chi connectivity index (χ4n) is 2.26. The van der Waals surface area contributed by atoms with Gasteiger partial charge in [0.1, 0.15) is 5.75 Å². The van der Waals surface area contributed by atoms with E-state index in [0.717, 1.165) is 15.7 Å². The second-order valence-corrected chi connectivity index (χ2v) is 7.84. The molecule has 0 aromatic heterocycles. The number of carbonyl (C=O) groups excluding carboxylic acids is 1.